The van der Waals surface area contributed by atoms with Gasteiger partial charge in [0.05, 0.1) is 11.4 Å². The molecule has 0 bridgehead atoms. The molecular formula is C18H12Br2N2OS. The SMILES string of the molecule is O=C(CSc1ccc(-c2ccc(Br)cc2)nn1)c1ccc(Br)cc1. The summed E-state index contributed by atoms with van der Waals surface area (Å²) in [6, 6.07) is 19.1. The fraction of sp³-hybridized carbons (Fsp3) is 0.0556. The van der Waals surface area contributed by atoms with Gasteiger partial charge >= 0.3 is 0 Å². The van der Waals surface area contributed by atoms with Crippen LogP contribution in [0.3, 0.4) is 0 Å². The van der Waals surface area contributed by atoms with Crippen LogP contribution in [0.5, 0.6) is 0 Å². The Hall–Kier alpha value is -1.50. The number of halogens is 2. The Labute approximate surface area is 161 Å². The molecule has 0 amide bonds. The molecule has 0 unspecified atom stereocenters. The number of nitrogens with zero attached hydrogens (tertiary/aromatic N) is 2. The Balaban J connectivity index is 1.63. The monoisotopic (exact) mass is 462 g/mol. The highest BCUT2D eigenvalue weighted by atomic mass is 79.9. The van der Waals surface area contributed by atoms with E-state index < -0.39 is 0 Å². The second-order valence-electron chi connectivity index (χ2n) is 4.98. The maximum atomic E-state index is 12.2. The lowest BCUT2D eigenvalue weighted by Crippen LogP contribution is -2.02. The van der Waals surface area contributed by atoms with Crippen LogP contribution in [-0.2, 0) is 0 Å². The maximum Gasteiger partial charge on any atom is 0.173 e. The molecule has 120 valence electrons. The van der Waals surface area contributed by atoms with Crippen molar-refractivity contribution in [1.82, 2.24) is 10.2 Å². The molecule has 3 aromatic rings. The van der Waals surface area contributed by atoms with Crippen LogP contribution in [0.4, 0.5) is 0 Å². The average Bonchev–Trinajstić information content (AvgIpc) is 2.61. The summed E-state index contributed by atoms with van der Waals surface area (Å²) in [5.41, 5.74) is 2.52. The number of carbonyl (C=O) groups is 1. The zero-order chi connectivity index (χ0) is 16.9. The predicted molar refractivity (Wildman–Crippen MR) is 104 cm³/mol. The minimum Gasteiger partial charge on any atom is -0.293 e. The van der Waals surface area contributed by atoms with E-state index >= 15 is 0 Å². The molecule has 3 nitrogen and oxygen atoms in total. The minimum atomic E-state index is 0.0753. The van der Waals surface area contributed by atoms with Gasteiger partial charge in [-0.1, -0.05) is 67.9 Å². The number of hydrogen-bond donors (Lipinski definition) is 0. The van der Waals surface area contributed by atoms with Crippen molar-refractivity contribution in [2.24, 2.45) is 0 Å². The van der Waals surface area contributed by atoms with Crippen molar-refractivity contribution in [3.05, 3.63) is 75.2 Å². The van der Waals surface area contributed by atoms with Gasteiger partial charge in [0.1, 0.15) is 5.03 Å². The number of aromatic nitrogens is 2. The molecule has 0 atom stereocenters. The van der Waals surface area contributed by atoms with E-state index in [9.17, 15) is 4.79 Å². The molecule has 0 aliphatic carbocycles. The van der Waals surface area contributed by atoms with Crippen molar-refractivity contribution in [2.75, 3.05) is 5.75 Å². The summed E-state index contributed by atoms with van der Waals surface area (Å²) in [5.74, 6) is 0.416. The summed E-state index contributed by atoms with van der Waals surface area (Å²) in [4.78, 5) is 12.2. The quantitative estimate of drug-likeness (QED) is 0.362. The van der Waals surface area contributed by atoms with Gasteiger partial charge < -0.3 is 0 Å². The van der Waals surface area contributed by atoms with Crippen molar-refractivity contribution in [3.8, 4) is 11.3 Å². The zero-order valence-electron chi connectivity index (χ0n) is 12.4. The molecule has 0 radical (unpaired) electrons. The van der Waals surface area contributed by atoms with Gasteiger partial charge in [0.2, 0.25) is 0 Å². The second-order valence-corrected chi connectivity index (χ2v) is 7.81. The molecule has 0 aliphatic rings. The highest BCUT2D eigenvalue weighted by Crippen LogP contribution is 2.22. The molecule has 1 aromatic heterocycles. The molecule has 6 heteroatoms. The molecule has 0 saturated heterocycles. The first kappa shape index (κ1) is 17.3. The van der Waals surface area contributed by atoms with Crippen molar-refractivity contribution < 1.29 is 4.79 Å². The molecule has 0 fully saturated rings. The zero-order valence-corrected chi connectivity index (χ0v) is 16.4. The molecule has 0 aliphatic heterocycles. The fourth-order valence-electron chi connectivity index (χ4n) is 2.03. The van der Waals surface area contributed by atoms with E-state index in [1.165, 1.54) is 11.8 Å². The first-order chi connectivity index (χ1) is 11.6. The number of ketones is 1. The molecule has 0 spiro atoms. The van der Waals surface area contributed by atoms with Gasteiger partial charge in [-0.15, -0.1) is 10.2 Å². The van der Waals surface area contributed by atoms with Gasteiger partial charge in [0.25, 0.3) is 0 Å². The Bertz CT molecular complexity index is 834. The fourth-order valence-corrected chi connectivity index (χ4v) is 3.27. The van der Waals surface area contributed by atoms with E-state index in [0.717, 1.165) is 25.2 Å². The van der Waals surface area contributed by atoms with Crippen LogP contribution < -0.4 is 0 Å². The van der Waals surface area contributed by atoms with E-state index in [0.29, 0.717) is 11.3 Å². The number of Topliss-reactive ketones (excluding diaryl/α,β-unsaturated/α-hetero) is 1. The average molecular weight is 464 g/mol. The van der Waals surface area contributed by atoms with Crippen molar-refractivity contribution in [2.45, 2.75) is 5.03 Å². The smallest absolute Gasteiger partial charge is 0.173 e. The lowest BCUT2D eigenvalue weighted by atomic mass is 10.1. The molecule has 0 saturated carbocycles. The van der Waals surface area contributed by atoms with Crippen LogP contribution in [0.1, 0.15) is 10.4 Å². The maximum absolute atomic E-state index is 12.2. The van der Waals surface area contributed by atoms with Crippen molar-refractivity contribution >= 4 is 49.4 Å². The summed E-state index contributed by atoms with van der Waals surface area (Å²) in [5, 5.41) is 9.17. The normalized spacial score (nSPS) is 10.6. The first-order valence-electron chi connectivity index (χ1n) is 7.13. The van der Waals surface area contributed by atoms with Crippen LogP contribution in [0, 0.1) is 0 Å². The van der Waals surface area contributed by atoms with Gasteiger partial charge in [0, 0.05) is 20.1 Å². The van der Waals surface area contributed by atoms with Crippen LogP contribution in [-0.4, -0.2) is 21.7 Å². The van der Waals surface area contributed by atoms with Gasteiger partial charge in [-0.05, 0) is 36.4 Å². The van der Waals surface area contributed by atoms with Crippen LogP contribution in [0.15, 0.2) is 74.6 Å². The topological polar surface area (TPSA) is 42.9 Å². The molecule has 1 heterocycles. The lowest BCUT2D eigenvalue weighted by molar-refractivity contribution is 0.102. The number of thioether (sulfide) groups is 1. The van der Waals surface area contributed by atoms with Crippen LogP contribution in [0.25, 0.3) is 11.3 Å². The molecular weight excluding hydrogens is 452 g/mol. The standard InChI is InChI=1S/C18H12Br2N2OS/c19-14-5-1-12(2-6-14)16-9-10-18(22-21-16)24-11-17(23)13-3-7-15(20)8-4-13/h1-10H,11H2. The summed E-state index contributed by atoms with van der Waals surface area (Å²) in [6.07, 6.45) is 0. The first-order valence-corrected chi connectivity index (χ1v) is 9.70. The van der Waals surface area contributed by atoms with E-state index in [2.05, 4.69) is 42.1 Å². The minimum absolute atomic E-state index is 0.0753. The highest BCUT2D eigenvalue weighted by molar-refractivity contribution is 9.10. The lowest BCUT2D eigenvalue weighted by Gasteiger charge is -2.03. The van der Waals surface area contributed by atoms with Crippen LogP contribution in [0.2, 0.25) is 0 Å². The molecule has 3 rings (SSSR count). The molecule has 2 aromatic carbocycles. The van der Waals surface area contributed by atoms with E-state index in [1.54, 1.807) is 0 Å². The van der Waals surface area contributed by atoms with Crippen molar-refractivity contribution in [1.29, 1.82) is 0 Å². The molecule has 0 N–H and O–H groups in total. The number of rotatable bonds is 5. The Morgan fingerprint density at radius 1 is 0.833 bits per heavy atom. The van der Waals surface area contributed by atoms with E-state index in [4.69, 9.17) is 0 Å². The molecule has 24 heavy (non-hydrogen) atoms. The van der Waals surface area contributed by atoms with Gasteiger partial charge in [-0.3, -0.25) is 4.79 Å². The highest BCUT2D eigenvalue weighted by Gasteiger charge is 2.08. The number of benzene rings is 2. The van der Waals surface area contributed by atoms with Gasteiger partial charge in [0.15, 0.2) is 5.78 Å². The third kappa shape index (κ3) is 4.53. The third-order valence-electron chi connectivity index (χ3n) is 3.30. The largest absolute Gasteiger partial charge is 0.293 e. The Morgan fingerprint density at radius 2 is 1.46 bits per heavy atom. The predicted octanol–water partition coefficient (Wildman–Crippen LogP) is 5.64. The summed E-state index contributed by atoms with van der Waals surface area (Å²) < 4.78 is 1.99. The van der Waals surface area contributed by atoms with Gasteiger partial charge in [-0.2, -0.15) is 0 Å². The van der Waals surface area contributed by atoms with Crippen LogP contribution >= 0.6 is 43.6 Å². The van der Waals surface area contributed by atoms with Crippen molar-refractivity contribution in [3.63, 3.8) is 0 Å². The Kier molecular flexibility index (Phi) is 5.81. The van der Waals surface area contributed by atoms with E-state index in [-0.39, 0.29) is 5.78 Å². The second kappa shape index (κ2) is 8.05. The summed E-state index contributed by atoms with van der Waals surface area (Å²) in [6.45, 7) is 0. The third-order valence-corrected chi connectivity index (χ3v) is 5.27. The number of carbonyl (C=O) groups excluding carboxylic acids is 1. The van der Waals surface area contributed by atoms with E-state index in [1.807, 2.05) is 60.7 Å². The summed E-state index contributed by atoms with van der Waals surface area (Å²) in [7, 11) is 0. The van der Waals surface area contributed by atoms with Gasteiger partial charge in [-0.25, -0.2) is 0 Å². The number of hydrogen-bond acceptors (Lipinski definition) is 4. The Morgan fingerprint density at radius 3 is 2.04 bits per heavy atom. The summed E-state index contributed by atoms with van der Waals surface area (Å²) >= 11 is 8.17.